The minimum atomic E-state index is 0.377. The summed E-state index contributed by atoms with van der Waals surface area (Å²) in [5.41, 5.74) is 5.12. The Balaban J connectivity index is 1.19. The van der Waals surface area contributed by atoms with Gasteiger partial charge in [0.2, 0.25) is 0 Å². The van der Waals surface area contributed by atoms with Gasteiger partial charge in [0.05, 0.1) is 0 Å². The van der Waals surface area contributed by atoms with Crippen LogP contribution in [0.4, 0.5) is 0 Å². The van der Waals surface area contributed by atoms with Crippen LogP contribution in [0.25, 0.3) is 32.8 Å². The molecule has 7 rings (SSSR count). The van der Waals surface area contributed by atoms with E-state index in [2.05, 4.69) is 117 Å². The molecule has 1 aliphatic heterocycles. The van der Waals surface area contributed by atoms with Gasteiger partial charge in [-0.1, -0.05) is 0 Å². The molecule has 0 unspecified atom stereocenters. The minimum absolute atomic E-state index is 0.377. The SMILES string of the molecule is ClC1=C(/C=C/c2cc(-c3ccc[se]3)[se+]c(-c3ccc[se]3)c2)CCC/C1=C\C=C1C=C(c2ccc[se]2)[Se]C(c2ccc[se]2)=C1. The Morgan fingerprint density at radius 2 is 1.21 bits per heavy atom. The predicted molar refractivity (Wildman–Crippen MR) is 193 cm³/mol. The topological polar surface area (TPSA) is 0 Å². The standard InChI is InChI=1S/C36H26ClSe6/c37-36-26(14-12-24-20-32(28-8-2-16-38-28)42-33(21-24)29-9-3-17-39-29)6-1-7-27(36)15-13-25-22-34(30-10-4-18-40-30)43-35(23-25)31-11-5-19-41-31/h2-5,8-23H,1,6-7H2/q+1. The Bertz CT molecular complexity index is 1790. The summed E-state index contributed by atoms with van der Waals surface area (Å²) < 4.78 is 12.3. The molecule has 212 valence electrons. The molecule has 0 fully saturated rings. The quantitative estimate of drug-likeness (QED) is 0.146. The Morgan fingerprint density at radius 3 is 1.74 bits per heavy atom. The normalized spacial score (nSPS) is 16.7. The molecule has 0 saturated heterocycles. The number of hydrogen-bond acceptors (Lipinski definition) is 0. The molecule has 1 aliphatic carbocycles. The second kappa shape index (κ2) is 14.7. The molecule has 0 spiro atoms. The van der Waals surface area contributed by atoms with Gasteiger partial charge in [-0.15, -0.1) is 0 Å². The molecule has 5 aromatic heterocycles. The fraction of sp³-hybridized carbons (Fsp3) is 0.0833. The summed E-state index contributed by atoms with van der Waals surface area (Å²) in [6, 6.07) is 23.1. The first-order valence-corrected chi connectivity index (χ1v) is 25.1. The molecule has 0 amide bonds. The van der Waals surface area contributed by atoms with Crippen LogP contribution in [0.5, 0.6) is 0 Å². The molecule has 2 aliphatic rings. The fourth-order valence-electron chi connectivity index (χ4n) is 5.00. The third-order valence-corrected chi connectivity index (χ3v) is 22.5. The number of rotatable bonds is 7. The van der Waals surface area contributed by atoms with E-state index in [1.807, 2.05) is 0 Å². The maximum atomic E-state index is 7.12. The first kappa shape index (κ1) is 30.8. The van der Waals surface area contributed by atoms with E-state index < -0.39 is 0 Å². The van der Waals surface area contributed by atoms with Crippen molar-refractivity contribution in [2.24, 2.45) is 0 Å². The van der Waals surface area contributed by atoms with Crippen LogP contribution in [0.2, 0.25) is 0 Å². The molecule has 0 radical (unpaired) electrons. The molecule has 5 aromatic rings. The van der Waals surface area contributed by atoms with Gasteiger partial charge in [-0.25, -0.2) is 0 Å². The van der Waals surface area contributed by atoms with Crippen LogP contribution in [-0.2, 0) is 0 Å². The molecular weight excluding hydrogens is 942 g/mol. The number of hydrogen-bond donors (Lipinski definition) is 0. The van der Waals surface area contributed by atoms with Gasteiger partial charge < -0.3 is 0 Å². The van der Waals surface area contributed by atoms with Crippen LogP contribution < -0.4 is 0 Å². The van der Waals surface area contributed by atoms with Crippen molar-refractivity contribution in [3.05, 3.63) is 147 Å². The van der Waals surface area contributed by atoms with Crippen LogP contribution in [0, 0.1) is 0 Å². The second-order valence-corrected chi connectivity index (χ2v) is 22.9. The van der Waals surface area contributed by atoms with E-state index in [1.165, 1.54) is 40.0 Å². The summed E-state index contributed by atoms with van der Waals surface area (Å²) in [5, 5.41) is 0.941. The van der Waals surface area contributed by atoms with Crippen LogP contribution in [0.1, 0.15) is 33.7 Å². The van der Waals surface area contributed by atoms with E-state index in [1.54, 1.807) is 17.8 Å². The van der Waals surface area contributed by atoms with E-state index in [-0.39, 0.29) is 0 Å². The van der Waals surface area contributed by atoms with Crippen molar-refractivity contribution in [3.8, 4) is 17.7 Å². The second-order valence-electron chi connectivity index (χ2n) is 10.0. The maximum absolute atomic E-state index is 7.12. The van der Waals surface area contributed by atoms with E-state index in [9.17, 15) is 0 Å². The summed E-state index contributed by atoms with van der Waals surface area (Å²) in [5.74, 6) is 0. The van der Waals surface area contributed by atoms with E-state index in [0.29, 0.717) is 87.5 Å². The molecule has 43 heavy (non-hydrogen) atoms. The first-order valence-electron chi connectivity index (χ1n) is 13.9. The summed E-state index contributed by atoms with van der Waals surface area (Å²) in [7, 11) is 0. The molecule has 0 aromatic carbocycles. The Kier molecular flexibility index (Phi) is 10.5. The Hall–Kier alpha value is -0.883. The Labute approximate surface area is 294 Å². The van der Waals surface area contributed by atoms with Gasteiger partial charge in [0.25, 0.3) is 0 Å². The van der Waals surface area contributed by atoms with E-state index in [0.717, 1.165) is 24.3 Å². The van der Waals surface area contributed by atoms with Crippen molar-refractivity contribution < 1.29 is 0 Å². The summed E-state index contributed by atoms with van der Waals surface area (Å²) in [6.45, 7) is 0. The van der Waals surface area contributed by atoms with E-state index in [4.69, 9.17) is 11.6 Å². The summed E-state index contributed by atoms with van der Waals surface area (Å²) in [6.07, 6.45) is 17.3. The van der Waals surface area contributed by atoms with Gasteiger partial charge in [-0.3, -0.25) is 0 Å². The zero-order valence-corrected chi connectivity index (χ0v) is 34.0. The van der Waals surface area contributed by atoms with Crippen molar-refractivity contribution in [3.63, 3.8) is 0 Å². The van der Waals surface area contributed by atoms with Gasteiger partial charge in [0.1, 0.15) is 0 Å². The van der Waals surface area contributed by atoms with Crippen LogP contribution in [0.3, 0.4) is 0 Å². The first-order chi connectivity index (χ1) is 21.2. The van der Waals surface area contributed by atoms with Crippen molar-refractivity contribution in [1.82, 2.24) is 0 Å². The van der Waals surface area contributed by atoms with Gasteiger partial charge >= 0.3 is 298 Å². The Morgan fingerprint density at radius 1 is 0.651 bits per heavy atom. The van der Waals surface area contributed by atoms with Gasteiger partial charge in [-0.2, -0.15) is 0 Å². The molecule has 0 nitrogen and oxygen atoms in total. The molecule has 6 heterocycles. The predicted octanol–water partition coefficient (Wildman–Crippen LogP) is 7.93. The molecule has 0 N–H and O–H groups in total. The van der Waals surface area contributed by atoms with Crippen molar-refractivity contribution >= 4 is 114 Å². The average molecular weight is 968 g/mol. The summed E-state index contributed by atoms with van der Waals surface area (Å²) in [4.78, 5) is 9.33. The van der Waals surface area contributed by atoms with Gasteiger partial charge in [0.15, 0.2) is 0 Å². The third-order valence-electron chi connectivity index (χ3n) is 7.10. The molecular formula is C36H26ClSe6+. The van der Waals surface area contributed by atoms with Crippen molar-refractivity contribution in [2.45, 2.75) is 19.3 Å². The van der Waals surface area contributed by atoms with Gasteiger partial charge in [-0.05, 0) is 0 Å². The van der Waals surface area contributed by atoms with Gasteiger partial charge in [0, 0.05) is 0 Å². The fourth-order valence-corrected chi connectivity index (χ4v) is 18.6. The molecule has 0 bridgehead atoms. The summed E-state index contributed by atoms with van der Waals surface area (Å²) >= 11 is 9.73. The monoisotopic (exact) mass is 973 g/mol. The zero-order chi connectivity index (χ0) is 29.0. The number of allylic oxidation sites excluding steroid dienone is 9. The van der Waals surface area contributed by atoms with Crippen LogP contribution in [-0.4, -0.2) is 87.5 Å². The van der Waals surface area contributed by atoms with Crippen molar-refractivity contribution in [1.29, 1.82) is 0 Å². The van der Waals surface area contributed by atoms with Crippen molar-refractivity contribution in [2.75, 3.05) is 0 Å². The van der Waals surface area contributed by atoms with E-state index >= 15 is 0 Å². The van der Waals surface area contributed by atoms with Crippen LogP contribution in [0.15, 0.2) is 133 Å². The molecule has 7 heteroatoms. The molecule has 0 saturated carbocycles. The number of halogens is 1. The molecule has 0 atom stereocenters. The third kappa shape index (κ3) is 7.58. The zero-order valence-electron chi connectivity index (χ0n) is 23.0. The van der Waals surface area contributed by atoms with Crippen LogP contribution >= 0.6 is 11.6 Å². The average Bonchev–Trinajstić information content (AvgIpc) is 3.88.